The highest BCUT2D eigenvalue weighted by Crippen LogP contribution is 2.27. The molecule has 5 nitrogen and oxygen atoms in total. The predicted molar refractivity (Wildman–Crippen MR) is 75.3 cm³/mol. The number of rotatable bonds is 3. The fraction of sp³-hybridized carbons (Fsp3) is 0.214. The lowest BCUT2D eigenvalue weighted by Crippen LogP contribution is -2.04. The summed E-state index contributed by atoms with van der Waals surface area (Å²) in [6.45, 7) is 1.90. The van der Waals surface area contributed by atoms with Crippen molar-refractivity contribution in [2.24, 2.45) is 0 Å². The Kier molecular flexibility index (Phi) is 3.46. The molecule has 0 aliphatic rings. The number of benzene rings is 1. The summed E-state index contributed by atoms with van der Waals surface area (Å²) in [6, 6.07) is 6.59. The molecule has 100 valence electrons. The van der Waals surface area contributed by atoms with Crippen molar-refractivity contribution in [2.45, 2.75) is 13.3 Å². The van der Waals surface area contributed by atoms with Crippen molar-refractivity contribution in [3.05, 3.63) is 41.1 Å². The molecule has 0 radical (unpaired) electrons. The van der Waals surface area contributed by atoms with E-state index in [-0.39, 0.29) is 5.75 Å². The van der Waals surface area contributed by atoms with Gasteiger partial charge in [0.2, 0.25) is 0 Å². The third-order valence-corrected chi connectivity index (χ3v) is 3.06. The predicted octanol–water partition coefficient (Wildman–Crippen LogP) is 1.86. The topological polar surface area (TPSA) is 94.4 Å². The average molecular weight is 259 g/mol. The first-order valence-electron chi connectivity index (χ1n) is 5.88. The van der Waals surface area contributed by atoms with E-state index in [0.29, 0.717) is 23.7 Å². The Bertz CT molecular complexity index is 612. The molecule has 0 unspecified atom stereocenters. The first kappa shape index (κ1) is 13.0. The first-order chi connectivity index (χ1) is 9.01. The molecular formula is C14H17N3O2. The largest absolute Gasteiger partial charge is 0.508 e. The van der Waals surface area contributed by atoms with Crippen LogP contribution in [0.15, 0.2) is 24.3 Å². The number of pyridine rings is 1. The van der Waals surface area contributed by atoms with Crippen molar-refractivity contribution >= 4 is 11.5 Å². The zero-order chi connectivity index (χ0) is 14.0. The van der Waals surface area contributed by atoms with Gasteiger partial charge in [-0.05, 0) is 30.7 Å². The molecule has 0 aliphatic carbocycles. The molecular weight excluding hydrogens is 242 g/mol. The minimum absolute atomic E-state index is 0.185. The third kappa shape index (κ3) is 2.70. The molecule has 5 N–H and O–H groups in total. The van der Waals surface area contributed by atoms with Crippen molar-refractivity contribution in [3.63, 3.8) is 0 Å². The van der Waals surface area contributed by atoms with Gasteiger partial charge in [-0.1, -0.05) is 0 Å². The Balaban J connectivity index is 2.44. The molecule has 1 heterocycles. The number of aromatic nitrogens is 1. The quantitative estimate of drug-likeness (QED) is 0.782. The Morgan fingerprint density at radius 3 is 2.68 bits per heavy atom. The summed E-state index contributed by atoms with van der Waals surface area (Å²) < 4.78 is 5.27. The Labute approximate surface area is 111 Å². The van der Waals surface area contributed by atoms with Crippen LogP contribution >= 0.6 is 0 Å². The molecule has 1 aromatic carbocycles. The summed E-state index contributed by atoms with van der Waals surface area (Å²) in [5, 5.41) is 9.56. The maximum Gasteiger partial charge on any atom is 0.125 e. The molecule has 5 heteroatoms. The summed E-state index contributed by atoms with van der Waals surface area (Å²) >= 11 is 0. The highest BCUT2D eigenvalue weighted by atomic mass is 16.5. The number of phenols is 1. The van der Waals surface area contributed by atoms with Gasteiger partial charge in [0.15, 0.2) is 0 Å². The number of anilines is 2. The molecule has 2 rings (SSSR count). The van der Waals surface area contributed by atoms with E-state index in [4.69, 9.17) is 16.2 Å². The van der Waals surface area contributed by atoms with Crippen LogP contribution in [0.4, 0.5) is 11.5 Å². The third-order valence-electron chi connectivity index (χ3n) is 3.06. The Morgan fingerprint density at radius 2 is 2.00 bits per heavy atom. The van der Waals surface area contributed by atoms with Crippen molar-refractivity contribution in [1.82, 2.24) is 4.98 Å². The fourth-order valence-electron chi connectivity index (χ4n) is 1.96. The number of nitrogens with zero attached hydrogens (tertiary/aromatic N) is 1. The number of aromatic hydroxyl groups is 1. The van der Waals surface area contributed by atoms with Crippen molar-refractivity contribution < 1.29 is 9.84 Å². The maximum atomic E-state index is 9.56. The Morgan fingerprint density at radius 1 is 1.26 bits per heavy atom. The van der Waals surface area contributed by atoms with E-state index >= 15 is 0 Å². The molecule has 19 heavy (non-hydrogen) atoms. The molecule has 0 fully saturated rings. The minimum Gasteiger partial charge on any atom is -0.508 e. The van der Waals surface area contributed by atoms with Crippen LogP contribution in [0.3, 0.4) is 0 Å². The number of methoxy groups -OCH3 is 1. The molecule has 0 amide bonds. The normalized spacial score (nSPS) is 10.4. The number of hydrogen-bond donors (Lipinski definition) is 3. The summed E-state index contributed by atoms with van der Waals surface area (Å²) in [6.07, 6.45) is 0.499. The highest BCUT2D eigenvalue weighted by Gasteiger charge is 2.11. The molecule has 0 saturated carbocycles. The van der Waals surface area contributed by atoms with Gasteiger partial charge in [-0.25, -0.2) is 4.98 Å². The smallest absolute Gasteiger partial charge is 0.125 e. The lowest BCUT2D eigenvalue weighted by atomic mass is 10.0. The SMILES string of the molecule is COc1ccc(O)cc1Cc1nc(N)cc(N)c1C. The number of phenolic OH excluding ortho intramolecular Hbond substituents is 1. The molecule has 0 aliphatic heterocycles. The lowest BCUT2D eigenvalue weighted by molar-refractivity contribution is 0.407. The van der Waals surface area contributed by atoms with Crippen LogP contribution < -0.4 is 16.2 Å². The zero-order valence-corrected chi connectivity index (χ0v) is 11.0. The number of nitrogen functional groups attached to an aromatic ring is 2. The van der Waals surface area contributed by atoms with Crippen LogP contribution in [0.1, 0.15) is 16.8 Å². The van der Waals surface area contributed by atoms with Crippen molar-refractivity contribution in [2.75, 3.05) is 18.6 Å². The van der Waals surface area contributed by atoms with Crippen molar-refractivity contribution in [3.8, 4) is 11.5 Å². The van der Waals surface area contributed by atoms with Gasteiger partial charge in [-0.15, -0.1) is 0 Å². The maximum absolute atomic E-state index is 9.56. The number of nitrogens with two attached hydrogens (primary N) is 2. The van der Waals surface area contributed by atoms with Gasteiger partial charge in [0.05, 0.1) is 12.8 Å². The van der Waals surface area contributed by atoms with Gasteiger partial charge in [0, 0.05) is 23.7 Å². The highest BCUT2D eigenvalue weighted by molar-refractivity contribution is 5.56. The summed E-state index contributed by atoms with van der Waals surface area (Å²) in [5.74, 6) is 1.27. The van der Waals surface area contributed by atoms with E-state index in [0.717, 1.165) is 16.8 Å². The monoisotopic (exact) mass is 259 g/mol. The van der Waals surface area contributed by atoms with E-state index in [2.05, 4.69) is 4.98 Å². The fourth-order valence-corrected chi connectivity index (χ4v) is 1.96. The van der Waals surface area contributed by atoms with Crippen molar-refractivity contribution in [1.29, 1.82) is 0 Å². The Hall–Kier alpha value is -2.43. The summed E-state index contributed by atoms with van der Waals surface area (Å²) in [5.41, 5.74) is 14.7. The van der Waals surface area contributed by atoms with Gasteiger partial charge in [-0.3, -0.25) is 0 Å². The zero-order valence-electron chi connectivity index (χ0n) is 11.0. The standard InChI is InChI=1S/C14H17N3O2/c1-8-11(15)7-14(16)17-12(8)6-9-5-10(18)3-4-13(9)19-2/h3-5,7,18H,6H2,1-2H3,(H4,15,16,17). The van der Waals surface area contributed by atoms with Crippen LogP contribution in [-0.2, 0) is 6.42 Å². The first-order valence-corrected chi connectivity index (χ1v) is 5.88. The van der Waals surface area contributed by atoms with Crippen LogP contribution in [0.25, 0.3) is 0 Å². The summed E-state index contributed by atoms with van der Waals surface area (Å²) in [7, 11) is 1.59. The second-order valence-electron chi connectivity index (χ2n) is 4.38. The molecule has 2 aromatic rings. The van der Waals surface area contributed by atoms with Crippen LogP contribution in [0.5, 0.6) is 11.5 Å². The van der Waals surface area contributed by atoms with E-state index in [1.54, 1.807) is 31.4 Å². The molecule has 1 aromatic heterocycles. The van der Waals surface area contributed by atoms with Gasteiger partial charge in [0.1, 0.15) is 17.3 Å². The second-order valence-corrected chi connectivity index (χ2v) is 4.38. The molecule has 0 saturated heterocycles. The van der Waals surface area contributed by atoms with E-state index in [9.17, 15) is 5.11 Å². The van der Waals surface area contributed by atoms with Crippen LogP contribution in [0.2, 0.25) is 0 Å². The summed E-state index contributed by atoms with van der Waals surface area (Å²) in [4.78, 5) is 4.29. The van der Waals surface area contributed by atoms with Crippen LogP contribution in [-0.4, -0.2) is 17.2 Å². The van der Waals surface area contributed by atoms with Gasteiger partial charge in [-0.2, -0.15) is 0 Å². The van der Waals surface area contributed by atoms with E-state index in [1.165, 1.54) is 0 Å². The lowest BCUT2D eigenvalue weighted by Gasteiger charge is -2.12. The molecule has 0 bridgehead atoms. The number of hydrogen-bond acceptors (Lipinski definition) is 5. The van der Waals surface area contributed by atoms with Gasteiger partial charge >= 0.3 is 0 Å². The van der Waals surface area contributed by atoms with Gasteiger partial charge in [0.25, 0.3) is 0 Å². The van der Waals surface area contributed by atoms with E-state index < -0.39 is 0 Å². The van der Waals surface area contributed by atoms with E-state index in [1.807, 2.05) is 6.92 Å². The minimum atomic E-state index is 0.185. The second kappa shape index (κ2) is 5.06. The van der Waals surface area contributed by atoms with Gasteiger partial charge < -0.3 is 21.3 Å². The van der Waals surface area contributed by atoms with Crippen LogP contribution in [0, 0.1) is 6.92 Å². The average Bonchev–Trinajstić information content (AvgIpc) is 2.35. The molecule has 0 atom stereocenters. The molecule has 0 spiro atoms. The number of ether oxygens (including phenoxy) is 1.